The van der Waals surface area contributed by atoms with Crippen LogP contribution < -0.4 is 5.32 Å². The van der Waals surface area contributed by atoms with Crippen LogP contribution in [0.1, 0.15) is 13.8 Å². The van der Waals surface area contributed by atoms with E-state index in [1.165, 1.54) is 0 Å². The summed E-state index contributed by atoms with van der Waals surface area (Å²) in [5, 5.41) is 3.41. The number of nitrogens with zero attached hydrogens (tertiary/aromatic N) is 2. The average molecular weight is 272 g/mol. The lowest BCUT2D eigenvalue weighted by molar-refractivity contribution is 0.210. The summed E-state index contributed by atoms with van der Waals surface area (Å²) in [4.78, 5) is 6.23. The van der Waals surface area contributed by atoms with Gasteiger partial charge in [0.25, 0.3) is 0 Å². The normalized spacial score (nSPS) is 11.9. The topological polar surface area (TPSA) is 28.2 Å². The highest BCUT2D eigenvalue weighted by Gasteiger charge is 2.19. The zero-order valence-electron chi connectivity index (χ0n) is 9.71. The maximum absolute atomic E-state index is 4.03. The van der Waals surface area contributed by atoms with Gasteiger partial charge >= 0.3 is 0 Å². The molecule has 1 rings (SSSR count). The number of pyridine rings is 1. The lowest BCUT2D eigenvalue weighted by Crippen LogP contribution is -2.44. The molecule has 0 aliphatic rings. The summed E-state index contributed by atoms with van der Waals surface area (Å²) in [7, 11) is 4.17. The van der Waals surface area contributed by atoms with Gasteiger partial charge in [0, 0.05) is 24.5 Å². The molecule has 4 heteroatoms. The highest BCUT2D eigenvalue weighted by Crippen LogP contribution is 2.21. The Balaban J connectivity index is 2.62. The number of halogens is 1. The Morgan fingerprint density at radius 2 is 2.13 bits per heavy atom. The van der Waals surface area contributed by atoms with E-state index in [9.17, 15) is 0 Å². The van der Waals surface area contributed by atoms with Crippen molar-refractivity contribution in [1.29, 1.82) is 0 Å². The van der Waals surface area contributed by atoms with Crippen molar-refractivity contribution in [3.8, 4) is 0 Å². The third-order valence-corrected chi connectivity index (χ3v) is 3.33. The standard InChI is InChI=1S/C11H18BrN3/c1-11(2,15(3)4)8-14-10-5-6-13-7-9(10)12/h5-7H,8H2,1-4H3,(H,13,14). The van der Waals surface area contributed by atoms with E-state index in [0.717, 1.165) is 16.7 Å². The number of rotatable bonds is 4. The van der Waals surface area contributed by atoms with Crippen molar-refractivity contribution in [1.82, 2.24) is 9.88 Å². The molecule has 84 valence electrons. The molecule has 0 amide bonds. The number of hydrogen-bond acceptors (Lipinski definition) is 3. The second-order valence-electron chi connectivity index (χ2n) is 4.42. The van der Waals surface area contributed by atoms with Crippen LogP contribution in [0.15, 0.2) is 22.9 Å². The van der Waals surface area contributed by atoms with Gasteiger partial charge in [-0.2, -0.15) is 0 Å². The molecule has 1 N–H and O–H groups in total. The van der Waals surface area contributed by atoms with Crippen LogP contribution in [0.3, 0.4) is 0 Å². The van der Waals surface area contributed by atoms with Gasteiger partial charge in [-0.05, 0) is 49.9 Å². The second-order valence-corrected chi connectivity index (χ2v) is 5.27. The number of nitrogens with one attached hydrogen (secondary N) is 1. The zero-order valence-corrected chi connectivity index (χ0v) is 11.3. The molecule has 3 nitrogen and oxygen atoms in total. The Bertz CT molecular complexity index is 323. The molecule has 1 heterocycles. The molecule has 0 aliphatic carbocycles. The van der Waals surface area contributed by atoms with Crippen molar-refractivity contribution in [2.24, 2.45) is 0 Å². The third-order valence-electron chi connectivity index (χ3n) is 2.69. The highest BCUT2D eigenvalue weighted by atomic mass is 79.9. The van der Waals surface area contributed by atoms with Gasteiger partial charge in [-0.25, -0.2) is 0 Å². The van der Waals surface area contributed by atoms with Gasteiger partial charge in [0.15, 0.2) is 0 Å². The quantitative estimate of drug-likeness (QED) is 0.913. The summed E-state index contributed by atoms with van der Waals surface area (Å²) in [5.74, 6) is 0. The molecule has 0 saturated heterocycles. The monoisotopic (exact) mass is 271 g/mol. The Kier molecular flexibility index (Phi) is 4.11. The molecule has 1 aromatic rings. The van der Waals surface area contributed by atoms with Crippen LogP contribution >= 0.6 is 15.9 Å². The molecule has 15 heavy (non-hydrogen) atoms. The fourth-order valence-electron chi connectivity index (χ4n) is 0.988. The molecule has 0 aliphatic heterocycles. The maximum Gasteiger partial charge on any atom is 0.0590 e. The summed E-state index contributed by atoms with van der Waals surface area (Å²) < 4.78 is 1.000. The predicted molar refractivity (Wildman–Crippen MR) is 68.2 cm³/mol. The minimum absolute atomic E-state index is 0.128. The molecule has 0 fully saturated rings. The van der Waals surface area contributed by atoms with Crippen molar-refractivity contribution in [2.45, 2.75) is 19.4 Å². The molecule has 0 bridgehead atoms. The summed E-state index contributed by atoms with van der Waals surface area (Å²) in [6, 6.07) is 1.97. The minimum atomic E-state index is 0.128. The van der Waals surface area contributed by atoms with Gasteiger partial charge < -0.3 is 10.2 Å². The van der Waals surface area contributed by atoms with Crippen LogP contribution in [-0.2, 0) is 0 Å². The molecule has 0 unspecified atom stereocenters. The van der Waals surface area contributed by atoms with Crippen LogP contribution in [0.2, 0.25) is 0 Å². The molecule has 0 spiro atoms. The summed E-state index contributed by atoms with van der Waals surface area (Å²) in [6.45, 7) is 5.30. The van der Waals surface area contributed by atoms with E-state index in [0.29, 0.717) is 0 Å². The van der Waals surface area contributed by atoms with E-state index in [1.54, 1.807) is 12.4 Å². The van der Waals surface area contributed by atoms with Gasteiger partial charge in [0.1, 0.15) is 0 Å². The molecular formula is C11H18BrN3. The van der Waals surface area contributed by atoms with Gasteiger partial charge in [-0.1, -0.05) is 0 Å². The third kappa shape index (κ3) is 3.47. The first-order chi connectivity index (χ1) is 6.93. The van der Waals surface area contributed by atoms with Crippen molar-refractivity contribution in [3.05, 3.63) is 22.9 Å². The smallest absolute Gasteiger partial charge is 0.0590 e. The molecule has 0 aromatic carbocycles. The first-order valence-corrected chi connectivity index (χ1v) is 5.73. The summed E-state index contributed by atoms with van der Waals surface area (Å²) >= 11 is 3.46. The van der Waals surface area contributed by atoms with Crippen LogP contribution in [0.4, 0.5) is 5.69 Å². The lowest BCUT2D eigenvalue weighted by Gasteiger charge is -2.33. The fourth-order valence-corrected chi connectivity index (χ4v) is 1.38. The van der Waals surface area contributed by atoms with E-state index < -0.39 is 0 Å². The van der Waals surface area contributed by atoms with Crippen LogP contribution in [0.5, 0.6) is 0 Å². The maximum atomic E-state index is 4.03. The second kappa shape index (κ2) is 4.94. The lowest BCUT2D eigenvalue weighted by atomic mass is 10.0. The van der Waals surface area contributed by atoms with Crippen LogP contribution in [-0.4, -0.2) is 36.1 Å². The Hall–Kier alpha value is -0.610. The Morgan fingerprint density at radius 3 is 2.67 bits per heavy atom. The number of anilines is 1. The average Bonchev–Trinajstić information content (AvgIpc) is 2.16. The zero-order chi connectivity index (χ0) is 11.5. The van der Waals surface area contributed by atoms with Crippen LogP contribution in [0, 0.1) is 0 Å². The van der Waals surface area contributed by atoms with Crippen molar-refractivity contribution < 1.29 is 0 Å². The van der Waals surface area contributed by atoms with Crippen molar-refractivity contribution in [2.75, 3.05) is 26.0 Å². The number of aromatic nitrogens is 1. The molecule has 0 atom stereocenters. The molecule has 0 saturated carbocycles. The Morgan fingerprint density at radius 1 is 1.47 bits per heavy atom. The van der Waals surface area contributed by atoms with E-state index in [2.05, 4.69) is 59.1 Å². The van der Waals surface area contributed by atoms with Crippen molar-refractivity contribution >= 4 is 21.6 Å². The van der Waals surface area contributed by atoms with Gasteiger partial charge in [0.05, 0.1) is 10.2 Å². The first kappa shape index (κ1) is 12.5. The minimum Gasteiger partial charge on any atom is -0.382 e. The largest absolute Gasteiger partial charge is 0.382 e. The SMILES string of the molecule is CN(C)C(C)(C)CNc1ccncc1Br. The van der Waals surface area contributed by atoms with Gasteiger partial charge in [-0.15, -0.1) is 0 Å². The van der Waals surface area contributed by atoms with Crippen molar-refractivity contribution in [3.63, 3.8) is 0 Å². The first-order valence-electron chi connectivity index (χ1n) is 4.94. The number of hydrogen-bond donors (Lipinski definition) is 1. The molecule has 1 aromatic heterocycles. The fraction of sp³-hybridized carbons (Fsp3) is 0.545. The van der Waals surface area contributed by atoms with Gasteiger partial charge in [-0.3, -0.25) is 4.98 Å². The highest BCUT2D eigenvalue weighted by molar-refractivity contribution is 9.10. The van der Waals surface area contributed by atoms with Crippen LogP contribution in [0.25, 0.3) is 0 Å². The van der Waals surface area contributed by atoms with E-state index in [-0.39, 0.29) is 5.54 Å². The predicted octanol–water partition coefficient (Wildman–Crippen LogP) is 2.60. The molecule has 0 radical (unpaired) electrons. The van der Waals surface area contributed by atoms with Gasteiger partial charge in [0.2, 0.25) is 0 Å². The van der Waals surface area contributed by atoms with E-state index in [1.807, 2.05) is 6.07 Å². The summed E-state index contributed by atoms with van der Waals surface area (Å²) in [5.41, 5.74) is 1.21. The molecular weight excluding hydrogens is 254 g/mol. The Labute approximate surface area is 100 Å². The van der Waals surface area contributed by atoms with E-state index >= 15 is 0 Å². The summed E-state index contributed by atoms with van der Waals surface area (Å²) in [6.07, 6.45) is 3.58. The number of likely N-dealkylation sites (N-methyl/N-ethyl adjacent to an activating group) is 1. The van der Waals surface area contributed by atoms with E-state index in [4.69, 9.17) is 0 Å².